The summed E-state index contributed by atoms with van der Waals surface area (Å²) in [5, 5.41) is 7.71. The molecular weight excluding hydrogens is 248 g/mol. The smallest absolute Gasteiger partial charge is 0.238 e. The fourth-order valence-corrected chi connectivity index (χ4v) is 1.89. The van der Waals surface area contributed by atoms with Crippen LogP contribution >= 0.6 is 11.6 Å². The van der Waals surface area contributed by atoms with Crippen LogP contribution in [0.4, 0.5) is 0 Å². The molecule has 0 spiro atoms. The lowest BCUT2D eigenvalue weighted by molar-refractivity contribution is 0.414. The molecule has 0 bridgehead atoms. The van der Waals surface area contributed by atoms with E-state index in [1.807, 2.05) is 30.3 Å². The average Bonchev–Trinajstić information content (AvgIpc) is 2.87. The highest BCUT2D eigenvalue weighted by Gasteiger charge is 2.18. The largest absolute Gasteiger partial charge is 0.423 e. The quantitative estimate of drug-likeness (QED) is 0.767. The molecule has 1 heterocycles. The molecule has 2 rings (SSSR count). The number of aromatic nitrogens is 2. The molecule has 0 fully saturated rings. The van der Waals surface area contributed by atoms with Gasteiger partial charge in [0, 0.05) is 6.42 Å². The summed E-state index contributed by atoms with van der Waals surface area (Å²) in [4.78, 5) is 0. The molecule has 96 valence electrons. The Bertz CT molecular complexity index is 484. The maximum absolute atomic E-state index is 6.32. The molecule has 0 aliphatic heterocycles. The van der Waals surface area contributed by atoms with Crippen LogP contribution in [0.25, 0.3) is 0 Å². The monoisotopic (exact) mass is 264 g/mol. The molecule has 0 aliphatic carbocycles. The summed E-state index contributed by atoms with van der Waals surface area (Å²) in [6.45, 7) is 4.31. The molecule has 1 aromatic carbocycles. The van der Waals surface area contributed by atoms with E-state index in [2.05, 4.69) is 24.0 Å². The highest BCUT2D eigenvalue weighted by Crippen LogP contribution is 2.27. The second-order valence-corrected chi connectivity index (χ2v) is 4.96. The first-order valence-corrected chi connectivity index (χ1v) is 6.65. The van der Waals surface area contributed by atoms with Crippen molar-refractivity contribution in [1.29, 1.82) is 0 Å². The molecule has 0 radical (unpaired) electrons. The number of benzene rings is 1. The molecule has 2 atom stereocenters. The lowest BCUT2D eigenvalue weighted by atomic mass is 10.1. The Morgan fingerprint density at radius 3 is 2.61 bits per heavy atom. The predicted molar refractivity (Wildman–Crippen MR) is 71.6 cm³/mol. The fraction of sp³-hybridized carbons (Fsp3) is 0.429. The van der Waals surface area contributed by atoms with Crippen LogP contribution in [0.2, 0.25) is 0 Å². The zero-order chi connectivity index (χ0) is 13.0. The SMILES string of the molecule is CCC(C)Cc1nnc(C(Cl)c2ccccc2)o1. The van der Waals surface area contributed by atoms with Gasteiger partial charge in [-0.3, -0.25) is 0 Å². The zero-order valence-electron chi connectivity index (χ0n) is 10.6. The second kappa shape index (κ2) is 6.01. The molecule has 0 saturated heterocycles. The summed E-state index contributed by atoms with van der Waals surface area (Å²) in [5.74, 6) is 1.69. The Morgan fingerprint density at radius 1 is 1.22 bits per heavy atom. The van der Waals surface area contributed by atoms with E-state index in [9.17, 15) is 0 Å². The topological polar surface area (TPSA) is 38.9 Å². The Morgan fingerprint density at radius 2 is 1.94 bits per heavy atom. The van der Waals surface area contributed by atoms with Gasteiger partial charge in [-0.25, -0.2) is 0 Å². The normalized spacial score (nSPS) is 14.4. The Hall–Kier alpha value is -1.35. The number of nitrogens with zero attached hydrogens (tertiary/aromatic N) is 2. The van der Waals surface area contributed by atoms with Crippen molar-refractivity contribution in [1.82, 2.24) is 10.2 Å². The minimum absolute atomic E-state index is 0.371. The molecular formula is C14H17ClN2O. The maximum Gasteiger partial charge on any atom is 0.238 e. The summed E-state index contributed by atoms with van der Waals surface area (Å²) in [5.41, 5.74) is 0.970. The van der Waals surface area contributed by atoms with E-state index in [4.69, 9.17) is 16.0 Å². The van der Waals surface area contributed by atoms with Crippen LogP contribution in [0.15, 0.2) is 34.7 Å². The highest BCUT2D eigenvalue weighted by atomic mass is 35.5. The summed E-state index contributed by atoms with van der Waals surface area (Å²) in [6, 6.07) is 9.75. The van der Waals surface area contributed by atoms with E-state index >= 15 is 0 Å². The van der Waals surface area contributed by atoms with Crippen molar-refractivity contribution in [3.8, 4) is 0 Å². The van der Waals surface area contributed by atoms with Crippen LogP contribution in [-0.4, -0.2) is 10.2 Å². The fourth-order valence-electron chi connectivity index (χ4n) is 1.66. The third-order valence-electron chi connectivity index (χ3n) is 3.01. The van der Waals surface area contributed by atoms with Gasteiger partial charge in [-0.05, 0) is 11.5 Å². The van der Waals surface area contributed by atoms with Gasteiger partial charge in [0.25, 0.3) is 0 Å². The standard InChI is InChI=1S/C14H17ClN2O/c1-3-10(2)9-12-16-17-14(18-12)13(15)11-7-5-4-6-8-11/h4-8,10,13H,3,9H2,1-2H3. The highest BCUT2D eigenvalue weighted by molar-refractivity contribution is 6.22. The first-order valence-electron chi connectivity index (χ1n) is 6.22. The van der Waals surface area contributed by atoms with Gasteiger partial charge in [0.2, 0.25) is 11.8 Å². The van der Waals surface area contributed by atoms with Crippen molar-refractivity contribution in [2.24, 2.45) is 5.92 Å². The molecule has 0 saturated carbocycles. The molecule has 4 heteroatoms. The van der Waals surface area contributed by atoms with E-state index in [-0.39, 0.29) is 5.38 Å². The van der Waals surface area contributed by atoms with E-state index in [1.54, 1.807) is 0 Å². The molecule has 0 aliphatic rings. The summed E-state index contributed by atoms with van der Waals surface area (Å²) in [7, 11) is 0. The van der Waals surface area contributed by atoms with Crippen LogP contribution in [-0.2, 0) is 6.42 Å². The molecule has 0 N–H and O–H groups in total. The molecule has 1 aromatic heterocycles. The van der Waals surface area contributed by atoms with Gasteiger partial charge >= 0.3 is 0 Å². The van der Waals surface area contributed by atoms with Crippen LogP contribution in [0.3, 0.4) is 0 Å². The number of hydrogen-bond donors (Lipinski definition) is 0. The van der Waals surface area contributed by atoms with E-state index in [0.29, 0.717) is 17.7 Å². The van der Waals surface area contributed by atoms with Crippen molar-refractivity contribution < 1.29 is 4.42 Å². The molecule has 0 amide bonds. The van der Waals surface area contributed by atoms with Crippen LogP contribution in [0, 0.1) is 5.92 Å². The van der Waals surface area contributed by atoms with E-state index in [0.717, 1.165) is 18.4 Å². The first-order chi connectivity index (χ1) is 8.70. The number of halogens is 1. The predicted octanol–water partition coefficient (Wildman–Crippen LogP) is 3.99. The Kier molecular flexibility index (Phi) is 4.37. The summed E-state index contributed by atoms with van der Waals surface area (Å²) in [6.07, 6.45) is 1.91. The van der Waals surface area contributed by atoms with Crippen LogP contribution in [0.5, 0.6) is 0 Å². The van der Waals surface area contributed by atoms with Crippen LogP contribution < -0.4 is 0 Å². The third kappa shape index (κ3) is 3.10. The van der Waals surface area contributed by atoms with Gasteiger partial charge < -0.3 is 4.42 Å². The molecule has 3 nitrogen and oxygen atoms in total. The lowest BCUT2D eigenvalue weighted by Crippen LogP contribution is -1.97. The molecule has 18 heavy (non-hydrogen) atoms. The third-order valence-corrected chi connectivity index (χ3v) is 3.45. The summed E-state index contributed by atoms with van der Waals surface area (Å²) < 4.78 is 5.62. The first kappa shape index (κ1) is 13.1. The lowest BCUT2D eigenvalue weighted by Gasteiger charge is -2.05. The van der Waals surface area contributed by atoms with Gasteiger partial charge in [0.15, 0.2) is 0 Å². The van der Waals surface area contributed by atoms with E-state index in [1.165, 1.54) is 0 Å². The van der Waals surface area contributed by atoms with Crippen LogP contribution in [0.1, 0.15) is 43.0 Å². The molecule has 2 aromatic rings. The Balaban J connectivity index is 2.10. The van der Waals surface area contributed by atoms with Crippen molar-refractivity contribution in [3.05, 3.63) is 47.7 Å². The number of rotatable bonds is 5. The minimum Gasteiger partial charge on any atom is -0.423 e. The van der Waals surface area contributed by atoms with Crippen molar-refractivity contribution in [3.63, 3.8) is 0 Å². The average molecular weight is 265 g/mol. The number of hydrogen-bond acceptors (Lipinski definition) is 3. The second-order valence-electron chi connectivity index (χ2n) is 4.52. The minimum atomic E-state index is -0.371. The van der Waals surface area contributed by atoms with Gasteiger partial charge in [-0.15, -0.1) is 21.8 Å². The number of alkyl halides is 1. The van der Waals surface area contributed by atoms with Crippen molar-refractivity contribution in [2.75, 3.05) is 0 Å². The maximum atomic E-state index is 6.32. The van der Waals surface area contributed by atoms with E-state index < -0.39 is 0 Å². The van der Waals surface area contributed by atoms with Gasteiger partial charge in [-0.2, -0.15) is 0 Å². The van der Waals surface area contributed by atoms with Gasteiger partial charge in [0.1, 0.15) is 5.38 Å². The van der Waals surface area contributed by atoms with Crippen molar-refractivity contribution in [2.45, 2.75) is 32.1 Å². The molecule has 2 unspecified atom stereocenters. The van der Waals surface area contributed by atoms with Gasteiger partial charge in [-0.1, -0.05) is 50.6 Å². The summed E-state index contributed by atoms with van der Waals surface area (Å²) >= 11 is 6.32. The van der Waals surface area contributed by atoms with Crippen molar-refractivity contribution >= 4 is 11.6 Å². The van der Waals surface area contributed by atoms with Gasteiger partial charge in [0.05, 0.1) is 0 Å². The zero-order valence-corrected chi connectivity index (χ0v) is 11.4. The Labute approximate surface area is 112 Å².